The number of nitrogens with zero attached hydrogens (tertiary/aromatic N) is 1. The predicted molar refractivity (Wildman–Crippen MR) is 89.1 cm³/mol. The first-order chi connectivity index (χ1) is 10.1. The molecule has 2 aliphatic rings. The summed E-state index contributed by atoms with van der Waals surface area (Å²) in [6.07, 6.45) is 14.1. The quantitative estimate of drug-likeness (QED) is 0.530. The van der Waals surface area contributed by atoms with E-state index in [1.165, 1.54) is 25.7 Å². The van der Waals surface area contributed by atoms with Gasteiger partial charge in [0.2, 0.25) is 5.91 Å². The van der Waals surface area contributed by atoms with E-state index in [1.807, 2.05) is 0 Å². The lowest BCUT2D eigenvalue weighted by Crippen LogP contribution is -2.37. The average molecular weight is 291 g/mol. The van der Waals surface area contributed by atoms with Gasteiger partial charge in [0.1, 0.15) is 0 Å². The molecule has 0 aromatic rings. The molecule has 21 heavy (non-hydrogen) atoms. The summed E-state index contributed by atoms with van der Waals surface area (Å²) >= 11 is 0. The average Bonchev–Trinajstić information content (AvgIpc) is 3.37. The zero-order valence-corrected chi connectivity index (χ0v) is 14.2. The number of unbranched alkanes of at least 4 members (excludes halogenated alkanes) is 1. The summed E-state index contributed by atoms with van der Waals surface area (Å²) in [5.74, 6) is 1.64. The van der Waals surface area contributed by atoms with Gasteiger partial charge in [-0.2, -0.15) is 0 Å². The molecule has 0 aliphatic heterocycles. The van der Waals surface area contributed by atoms with Crippen molar-refractivity contribution in [2.24, 2.45) is 17.3 Å². The Hall–Kier alpha value is -0.790. The monoisotopic (exact) mass is 291 g/mol. The summed E-state index contributed by atoms with van der Waals surface area (Å²) in [6.45, 7) is 8.77. The molecular formula is C19H33NO. The molecule has 2 unspecified atom stereocenters. The van der Waals surface area contributed by atoms with E-state index in [0.29, 0.717) is 17.2 Å². The van der Waals surface area contributed by atoms with E-state index in [9.17, 15) is 4.79 Å². The van der Waals surface area contributed by atoms with Gasteiger partial charge in [-0.1, -0.05) is 39.3 Å². The standard InChI is InChI=1S/C19H33NO/c1-4-6-8-9-10-17-14-19(17,3)15-20(13-7-5-2)18(21)16-11-12-16/h6,8,16-17H,4-5,7,9-15H2,1-3H3/b8-6-. The lowest BCUT2D eigenvalue weighted by molar-refractivity contribution is -0.133. The topological polar surface area (TPSA) is 20.3 Å². The smallest absolute Gasteiger partial charge is 0.225 e. The molecule has 2 heteroatoms. The molecule has 2 rings (SSSR count). The van der Waals surface area contributed by atoms with Gasteiger partial charge in [0.25, 0.3) is 0 Å². The maximum Gasteiger partial charge on any atom is 0.225 e. The van der Waals surface area contributed by atoms with E-state index >= 15 is 0 Å². The van der Waals surface area contributed by atoms with Crippen LogP contribution in [0.2, 0.25) is 0 Å². The Kier molecular flexibility index (Phi) is 5.89. The molecule has 0 aromatic heterocycles. The van der Waals surface area contributed by atoms with E-state index in [-0.39, 0.29) is 0 Å². The first kappa shape index (κ1) is 16.6. The molecule has 0 aromatic carbocycles. The van der Waals surface area contributed by atoms with Crippen molar-refractivity contribution >= 4 is 5.91 Å². The molecule has 2 fully saturated rings. The van der Waals surface area contributed by atoms with Crippen molar-refractivity contribution < 1.29 is 4.79 Å². The van der Waals surface area contributed by atoms with Gasteiger partial charge in [-0.05, 0) is 56.3 Å². The summed E-state index contributed by atoms with van der Waals surface area (Å²) in [6, 6.07) is 0. The summed E-state index contributed by atoms with van der Waals surface area (Å²) in [5, 5.41) is 0. The molecule has 0 N–H and O–H groups in total. The van der Waals surface area contributed by atoms with Crippen molar-refractivity contribution in [2.75, 3.05) is 13.1 Å². The van der Waals surface area contributed by atoms with Gasteiger partial charge in [-0.25, -0.2) is 0 Å². The summed E-state index contributed by atoms with van der Waals surface area (Å²) in [5.41, 5.74) is 0.401. The van der Waals surface area contributed by atoms with Crippen molar-refractivity contribution in [3.63, 3.8) is 0 Å². The molecule has 2 saturated carbocycles. The molecule has 0 radical (unpaired) electrons. The highest BCUT2D eigenvalue weighted by Gasteiger charge is 2.51. The number of amides is 1. The SMILES string of the molecule is CC/C=C\CCC1CC1(C)CN(CCCC)C(=O)C1CC1. The lowest BCUT2D eigenvalue weighted by Gasteiger charge is -2.27. The number of hydrogen-bond acceptors (Lipinski definition) is 1. The first-order valence-electron chi connectivity index (χ1n) is 9.04. The van der Waals surface area contributed by atoms with E-state index < -0.39 is 0 Å². The van der Waals surface area contributed by atoms with Gasteiger partial charge >= 0.3 is 0 Å². The highest BCUT2D eigenvalue weighted by molar-refractivity contribution is 5.81. The third-order valence-electron chi connectivity index (χ3n) is 5.19. The molecule has 1 amide bonds. The Labute approximate surface area is 131 Å². The third-order valence-corrected chi connectivity index (χ3v) is 5.19. The minimum absolute atomic E-state index is 0.371. The van der Waals surface area contributed by atoms with E-state index in [2.05, 4.69) is 37.8 Å². The van der Waals surface area contributed by atoms with Crippen LogP contribution >= 0.6 is 0 Å². The minimum Gasteiger partial charge on any atom is -0.342 e. The molecule has 0 spiro atoms. The Bertz CT molecular complexity index is 372. The highest BCUT2D eigenvalue weighted by Crippen LogP contribution is 2.55. The predicted octanol–water partition coefficient (Wildman–Crippen LogP) is 4.80. The van der Waals surface area contributed by atoms with Crippen LogP contribution in [-0.4, -0.2) is 23.9 Å². The second kappa shape index (κ2) is 7.47. The maximum atomic E-state index is 12.4. The molecule has 0 saturated heterocycles. The first-order valence-corrected chi connectivity index (χ1v) is 9.04. The van der Waals surface area contributed by atoms with Crippen LogP contribution in [0.15, 0.2) is 12.2 Å². The minimum atomic E-state index is 0.371. The summed E-state index contributed by atoms with van der Waals surface area (Å²) < 4.78 is 0. The zero-order chi connectivity index (χ0) is 15.3. The molecule has 0 heterocycles. The molecule has 120 valence electrons. The Balaban J connectivity index is 1.79. The van der Waals surface area contributed by atoms with Crippen LogP contribution in [0, 0.1) is 17.3 Å². The fraction of sp³-hybridized carbons (Fsp3) is 0.842. The van der Waals surface area contributed by atoms with Crippen LogP contribution in [0.25, 0.3) is 0 Å². The largest absolute Gasteiger partial charge is 0.342 e. The van der Waals surface area contributed by atoms with Crippen LogP contribution in [0.5, 0.6) is 0 Å². The van der Waals surface area contributed by atoms with E-state index in [1.54, 1.807) is 0 Å². The van der Waals surface area contributed by atoms with Crippen LogP contribution in [0.3, 0.4) is 0 Å². The normalized spacial score (nSPS) is 28.0. The van der Waals surface area contributed by atoms with Crippen LogP contribution < -0.4 is 0 Å². The maximum absolute atomic E-state index is 12.4. The Morgan fingerprint density at radius 3 is 2.67 bits per heavy atom. The van der Waals surface area contributed by atoms with Crippen molar-refractivity contribution in [3.05, 3.63) is 12.2 Å². The van der Waals surface area contributed by atoms with Gasteiger partial charge in [0.15, 0.2) is 0 Å². The van der Waals surface area contributed by atoms with Gasteiger partial charge in [-0.3, -0.25) is 4.79 Å². The van der Waals surface area contributed by atoms with Crippen molar-refractivity contribution in [1.82, 2.24) is 4.90 Å². The second-order valence-corrected chi connectivity index (χ2v) is 7.40. The third kappa shape index (κ3) is 4.86. The van der Waals surface area contributed by atoms with Gasteiger partial charge in [0.05, 0.1) is 0 Å². The molecule has 2 aliphatic carbocycles. The van der Waals surface area contributed by atoms with E-state index in [4.69, 9.17) is 0 Å². The van der Waals surface area contributed by atoms with Gasteiger partial charge in [-0.15, -0.1) is 0 Å². The van der Waals surface area contributed by atoms with Crippen LogP contribution in [-0.2, 0) is 4.79 Å². The van der Waals surface area contributed by atoms with Crippen molar-refractivity contribution in [2.45, 2.75) is 72.1 Å². The van der Waals surface area contributed by atoms with E-state index in [0.717, 1.165) is 44.7 Å². The summed E-state index contributed by atoms with van der Waals surface area (Å²) in [4.78, 5) is 14.6. The highest BCUT2D eigenvalue weighted by atomic mass is 16.2. The van der Waals surface area contributed by atoms with Crippen molar-refractivity contribution in [1.29, 1.82) is 0 Å². The van der Waals surface area contributed by atoms with Crippen LogP contribution in [0.4, 0.5) is 0 Å². The molecule has 0 bridgehead atoms. The number of carbonyl (C=O) groups is 1. The van der Waals surface area contributed by atoms with Gasteiger partial charge in [0, 0.05) is 19.0 Å². The van der Waals surface area contributed by atoms with Crippen LogP contribution in [0.1, 0.15) is 72.1 Å². The number of rotatable bonds is 10. The molecule has 2 atom stereocenters. The Morgan fingerprint density at radius 2 is 2.05 bits per heavy atom. The zero-order valence-electron chi connectivity index (χ0n) is 14.2. The van der Waals surface area contributed by atoms with Crippen molar-refractivity contribution in [3.8, 4) is 0 Å². The Morgan fingerprint density at radius 1 is 1.29 bits per heavy atom. The summed E-state index contributed by atoms with van der Waals surface area (Å²) in [7, 11) is 0. The van der Waals surface area contributed by atoms with Gasteiger partial charge < -0.3 is 4.90 Å². The fourth-order valence-electron chi connectivity index (χ4n) is 3.37. The second-order valence-electron chi connectivity index (χ2n) is 7.40. The number of carbonyl (C=O) groups excluding carboxylic acids is 1. The lowest BCUT2D eigenvalue weighted by atomic mass is 10.0. The number of hydrogen-bond donors (Lipinski definition) is 0. The fourth-order valence-corrected chi connectivity index (χ4v) is 3.37. The molecular weight excluding hydrogens is 258 g/mol. The molecule has 2 nitrogen and oxygen atoms in total. The number of allylic oxidation sites excluding steroid dienone is 2.